The van der Waals surface area contributed by atoms with Gasteiger partial charge in [-0.2, -0.15) is 0 Å². The number of nitrogens with zero attached hydrogens (tertiary/aromatic N) is 1. The van der Waals surface area contributed by atoms with Gasteiger partial charge in [0.05, 0.1) is 6.04 Å². The molecule has 0 saturated carbocycles. The van der Waals surface area contributed by atoms with Gasteiger partial charge in [0, 0.05) is 23.7 Å². The van der Waals surface area contributed by atoms with Gasteiger partial charge in [-0.05, 0) is 37.7 Å². The Bertz CT molecular complexity index is 703. The molecule has 0 radical (unpaired) electrons. The standard InChI is InChI=1S/C17H18N2O/c1-12-6-5-7-13-10-16(20-17(12)13)15(18-2)11-14-8-3-4-9-19-14/h3-10,15,18H,11H2,1-2H3. The first-order chi connectivity index (χ1) is 9.78. The van der Waals surface area contributed by atoms with Gasteiger partial charge >= 0.3 is 0 Å². The van der Waals surface area contributed by atoms with E-state index in [2.05, 4.69) is 41.5 Å². The van der Waals surface area contributed by atoms with Crippen molar-refractivity contribution in [3.8, 4) is 0 Å². The average molecular weight is 266 g/mol. The molecule has 0 saturated heterocycles. The summed E-state index contributed by atoms with van der Waals surface area (Å²) in [5.41, 5.74) is 3.20. The Hall–Kier alpha value is -2.13. The topological polar surface area (TPSA) is 38.1 Å². The summed E-state index contributed by atoms with van der Waals surface area (Å²) in [6.07, 6.45) is 2.64. The molecule has 1 unspecified atom stereocenters. The highest BCUT2D eigenvalue weighted by Crippen LogP contribution is 2.27. The Labute approximate surface area is 118 Å². The SMILES string of the molecule is CNC(Cc1ccccn1)c1cc2cccc(C)c2o1. The summed E-state index contributed by atoms with van der Waals surface area (Å²) < 4.78 is 6.03. The first-order valence-corrected chi connectivity index (χ1v) is 6.84. The van der Waals surface area contributed by atoms with Gasteiger partial charge in [0.25, 0.3) is 0 Å². The van der Waals surface area contributed by atoms with E-state index in [4.69, 9.17) is 4.42 Å². The molecule has 0 bridgehead atoms. The van der Waals surface area contributed by atoms with E-state index in [9.17, 15) is 0 Å². The summed E-state index contributed by atoms with van der Waals surface area (Å²) >= 11 is 0. The molecule has 1 N–H and O–H groups in total. The number of rotatable bonds is 4. The quantitative estimate of drug-likeness (QED) is 0.783. The summed E-state index contributed by atoms with van der Waals surface area (Å²) in [6, 6.07) is 14.5. The minimum Gasteiger partial charge on any atom is -0.459 e. The van der Waals surface area contributed by atoms with Crippen LogP contribution in [-0.2, 0) is 6.42 Å². The first kappa shape index (κ1) is 12.9. The van der Waals surface area contributed by atoms with Crippen LogP contribution in [0.3, 0.4) is 0 Å². The van der Waals surface area contributed by atoms with Crippen molar-refractivity contribution in [1.82, 2.24) is 10.3 Å². The Morgan fingerprint density at radius 1 is 1.20 bits per heavy atom. The van der Waals surface area contributed by atoms with Crippen molar-refractivity contribution in [1.29, 1.82) is 0 Å². The molecule has 3 aromatic rings. The third-order valence-corrected chi connectivity index (χ3v) is 3.59. The van der Waals surface area contributed by atoms with Crippen LogP contribution < -0.4 is 5.32 Å². The van der Waals surface area contributed by atoms with Gasteiger partial charge < -0.3 is 9.73 Å². The molecule has 2 heterocycles. The number of likely N-dealkylation sites (N-methyl/N-ethyl adjacent to an activating group) is 1. The van der Waals surface area contributed by atoms with Gasteiger partial charge in [0.2, 0.25) is 0 Å². The Kier molecular flexibility index (Phi) is 3.52. The van der Waals surface area contributed by atoms with E-state index in [0.717, 1.165) is 28.8 Å². The second kappa shape index (κ2) is 5.47. The lowest BCUT2D eigenvalue weighted by Gasteiger charge is -2.12. The molecule has 0 fully saturated rings. The van der Waals surface area contributed by atoms with E-state index in [0.29, 0.717) is 0 Å². The van der Waals surface area contributed by atoms with Crippen molar-refractivity contribution < 1.29 is 4.42 Å². The fourth-order valence-corrected chi connectivity index (χ4v) is 2.47. The number of aromatic nitrogens is 1. The monoisotopic (exact) mass is 266 g/mol. The van der Waals surface area contributed by atoms with E-state index in [1.54, 1.807) is 0 Å². The maximum absolute atomic E-state index is 6.03. The molecule has 0 aliphatic carbocycles. The zero-order valence-electron chi connectivity index (χ0n) is 11.8. The van der Waals surface area contributed by atoms with Gasteiger partial charge in [0.15, 0.2) is 0 Å². The fourth-order valence-electron chi connectivity index (χ4n) is 2.47. The normalized spacial score (nSPS) is 12.7. The molecule has 3 nitrogen and oxygen atoms in total. The van der Waals surface area contributed by atoms with E-state index < -0.39 is 0 Å². The minimum atomic E-state index is 0.136. The number of benzene rings is 1. The van der Waals surface area contributed by atoms with Crippen LogP contribution >= 0.6 is 0 Å². The van der Waals surface area contributed by atoms with E-state index in [1.165, 1.54) is 5.56 Å². The number of fused-ring (bicyclic) bond motifs is 1. The van der Waals surface area contributed by atoms with Crippen molar-refractivity contribution in [2.24, 2.45) is 0 Å². The number of aryl methyl sites for hydroxylation is 1. The zero-order chi connectivity index (χ0) is 13.9. The highest BCUT2D eigenvalue weighted by Gasteiger charge is 2.16. The molecule has 0 aliphatic heterocycles. The van der Waals surface area contributed by atoms with Crippen molar-refractivity contribution in [2.45, 2.75) is 19.4 Å². The summed E-state index contributed by atoms with van der Waals surface area (Å²) in [6.45, 7) is 2.07. The molecule has 20 heavy (non-hydrogen) atoms. The summed E-state index contributed by atoms with van der Waals surface area (Å²) in [4.78, 5) is 4.38. The lowest BCUT2D eigenvalue weighted by atomic mass is 10.1. The lowest BCUT2D eigenvalue weighted by molar-refractivity contribution is 0.447. The molecule has 0 aliphatic rings. The number of hydrogen-bond acceptors (Lipinski definition) is 3. The summed E-state index contributed by atoms with van der Waals surface area (Å²) in [5.74, 6) is 0.961. The number of para-hydroxylation sites is 1. The highest BCUT2D eigenvalue weighted by molar-refractivity contribution is 5.81. The summed E-state index contributed by atoms with van der Waals surface area (Å²) in [7, 11) is 1.95. The largest absolute Gasteiger partial charge is 0.459 e. The average Bonchev–Trinajstić information content (AvgIpc) is 2.91. The van der Waals surface area contributed by atoms with Gasteiger partial charge in [-0.15, -0.1) is 0 Å². The van der Waals surface area contributed by atoms with Gasteiger partial charge in [-0.3, -0.25) is 4.98 Å². The van der Waals surface area contributed by atoms with Crippen LogP contribution in [0.5, 0.6) is 0 Å². The summed E-state index contributed by atoms with van der Waals surface area (Å²) in [5, 5.41) is 4.47. The Morgan fingerprint density at radius 3 is 2.80 bits per heavy atom. The van der Waals surface area contributed by atoms with E-state index >= 15 is 0 Å². The highest BCUT2D eigenvalue weighted by atomic mass is 16.3. The van der Waals surface area contributed by atoms with Crippen molar-refractivity contribution in [2.75, 3.05) is 7.05 Å². The number of pyridine rings is 1. The van der Waals surface area contributed by atoms with Crippen LogP contribution in [0.4, 0.5) is 0 Å². The number of furan rings is 1. The Balaban J connectivity index is 1.93. The van der Waals surface area contributed by atoms with Crippen LogP contribution in [0, 0.1) is 6.92 Å². The first-order valence-electron chi connectivity index (χ1n) is 6.84. The van der Waals surface area contributed by atoms with Crippen LogP contribution in [0.2, 0.25) is 0 Å². The van der Waals surface area contributed by atoms with Crippen LogP contribution in [0.15, 0.2) is 53.1 Å². The van der Waals surface area contributed by atoms with Crippen LogP contribution in [0.1, 0.15) is 23.1 Å². The molecule has 1 aromatic carbocycles. The van der Waals surface area contributed by atoms with Gasteiger partial charge in [0.1, 0.15) is 11.3 Å². The van der Waals surface area contributed by atoms with Crippen LogP contribution in [0.25, 0.3) is 11.0 Å². The third kappa shape index (κ3) is 2.45. The maximum Gasteiger partial charge on any atom is 0.137 e. The smallest absolute Gasteiger partial charge is 0.137 e. The molecular formula is C17H18N2O. The fraction of sp³-hybridized carbons (Fsp3) is 0.235. The second-order valence-corrected chi connectivity index (χ2v) is 5.01. The minimum absolute atomic E-state index is 0.136. The molecule has 0 spiro atoms. The van der Waals surface area contributed by atoms with E-state index in [1.807, 2.05) is 31.4 Å². The molecule has 3 rings (SSSR count). The number of nitrogens with one attached hydrogen (secondary N) is 1. The van der Waals surface area contributed by atoms with E-state index in [-0.39, 0.29) is 6.04 Å². The second-order valence-electron chi connectivity index (χ2n) is 5.01. The lowest BCUT2D eigenvalue weighted by Crippen LogP contribution is -2.18. The molecule has 102 valence electrons. The van der Waals surface area contributed by atoms with Gasteiger partial charge in [-0.1, -0.05) is 24.3 Å². The van der Waals surface area contributed by atoms with Crippen molar-refractivity contribution in [3.05, 3.63) is 65.7 Å². The van der Waals surface area contributed by atoms with Crippen LogP contribution in [-0.4, -0.2) is 12.0 Å². The maximum atomic E-state index is 6.03. The predicted molar refractivity (Wildman–Crippen MR) is 80.7 cm³/mol. The molecule has 3 heteroatoms. The molecule has 2 aromatic heterocycles. The molecule has 0 amide bonds. The van der Waals surface area contributed by atoms with Crippen molar-refractivity contribution in [3.63, 3.8) is 0 Å². The zero-order valence-corrected chi connectivity index (χ0v) is 11.8. The molecular weight excluding hydrogens is 248 g/mol. The molecule has 1 atom stereocenters. The Morgan fingerprint density at radius 2 is 2.10 bits per heavy atom. The third-order valence-electron chi connectivity index (χ3n) is 3.59. The van der Waals surface area contributed by atoms with Crippen molar-refractivity contribution >= 4 is 11.0 Å². The van der Waals surface area contributed by atoms with Gasteiger partial charge in [-0.25, -0.2) is 0 Å². The predicted octanol–water partition coefficient (Wildman–Crippen LogP) is 3.64. The number of hydrogen-bond donors (Lipinski definition) is 1.